The van der Waals surface area contributed by atoms with Gasteiger partial charge >= 0.3 is 0 Å². The highest BCUT2D eigenvalue weighted by atomic mass is 79.9. The van der Waals surface area contributed by atoms with Gasteiger partial charge in [-0.1, -0.05) is 0 Å². The van der Waals surface area contributed by atoms with E-state index in [2.05, 4.69) is 31.7 Å². The number of fused-ring (bicyclic) bond motifs is 1. The van der Waals surface area contributed by atoms with Gasteiger partial charge < -0.3 is 5.32 Å². The molecule has 6 nitrogen and oxygen atoms in total. The first-order valence-corrected chi connectivity index (χ1v) is 8.10. The largest absolute Gasteiger partial charge is 0.325 e. The molecule has 0 radical (unpaired) electrons. The second kappa shape index (κ2) is 6.11. The number of nitrogens with one attached hydrogen (secondary N) is 2. The van der Waals surface area contributed by atoms with Crippen LogP contribution < -0.4 is 10.7 Å². The average Bonchev–Trinajstić information content (AvgIpc) is 2.78. The number of nitrogens with zero attached hydrogens (tertiary/aromatic N) is 2. The van der Waals surface area contributed by atoms with Gasteiger partial charge in [-0.05, 0) is 46.3 Å². The van der Waals surface area contributed by atoms with E-state index in [1.807, 2.05) is 0 Å². The summed E-state index contributed by atoms with van der Waals surface area (Å²) in [5.74, 6) is -0.303. The van der Waals surface area contributed by atoms with Crippen LogP contribution in [0.5, 0.6) is 0 Å². The Hall–Kier alpha value is -1.84. The summed E-state index contributed by atoms with van der Waals surface area (Å²) in [7, 11) is -1.52. The number of hydrazine groups is 1. The van der Waals surface area contributed by atoms with Crippen LogP contribution in [0, 0.1) is 5.82 Å². The molecule has 1 unspecified atom stereocenters. The van der Waals surface area contributed by atoms with E-state index in [4.69, 9.17) is 0 Å². The molecule has 1 atom stereocenters. The van der Waals surface area contributed by atoms with Crippen LogP contribution >= 0.6 is 15.9 Å². The van der Waals surface area contributed by atoms with E-state index in [-0.39, 0.29) is 18.3 Å². The molecule has 9 heteroatoms. The van der Waals surface area contributed by atoms with Crippen molar-refractivity contribution in [1.29, 1.82) is 0 Å². The van der Waals surface area contributed by atoms with Crippen molar-refractivity contribution >= 4 is 44.3 Å². The number of hydrogen-bond donors (Lipinski definition) is 2. The molecule has 1 aromatic heterocycles. The first kappa shape index (κ1) is 15.1. The SMILES string of the molecule is O=C(CN1Nc2ncc(Br)cc2S1=O)Nc1ccc(F)cc1. The Balaban J connectivity index is 1.66. The van der Waals surface area contributed by atoms with Gasteiger partial charge in [-0.15, -0.1) is 4.41 Å². The van der Waals surface area contributed by atoms with E-state index in [1.165, 1.54) is 28.7 Å². The van der Waals surface area contributed by atoms with Crippen molar-refractivity contribution in [2.75, 3.05) is 17.3 Å². The second-order valence-corrected chi connectivity index (χ2v) is 6.75. The number of carbonyl (C=O) groups excluding carboxylic acids is 1. The fourth-order valence-electron chi connectivity index (χ4n) is 1.88. The lowest BCUT2D eigenvalue weighted by molar-refractivity contribution is -0.116. The van der Waals surface area contributed by atoms with E-state index in [1.54, 1.807) is 12.3 Å². The molecule has 0 saturated carbocycles. The lowest BCUT2D eigenvalue weighted by atomic mass is 10.3. The third-order valence-corrected chi connectivity index (χ3v) is 4.60. The summed E-state index contributed by atoms with van der Waals surface area (Å²) < 4.78 is 27.1. The fourth-order valence-corrected chi connectivity index (χ4v) is 3.49. The number of amides is 1. The summed E-state index contributed by atoms with van der Waals surface area (Å²) in [5.41, 5.74) is 3.29. The van der Waals surface area contributed by atoms with Gasteiger partial charge in [0.15, 0.2) is 5.82 Å². The van der Waals surface area contributed by atoms with Gasteiger partial charge in [0.05, 0.1) is 0 Å². The molecule has 1 aliphatic heterocycles. The minimum absolute atomic E-state index is 0.141. The standard InChI is InChI=1S/C13H10BrFN4O2S/c14-8-5-11-13(16-6-8)18-19(22(11)21)7-12(20)17-10-3-1-9(15)2-4-10/h1-6H,7H2,(H,16,18)(H,17,20). The maximum absolute atomic E-state index is 12.8. The molecule has 22 heavy (non-hydrogen) atoms. The zero-order valence-electron chi connectivity index (χ0n) is 11.0. The topological polar surface area (TPSA) is 74.3 Å². The van der Waals surface area contributed by atoms with Crippen LogP contribution in [0.2, 0.25) is 0 Å². The third-order valence-electron chi connectivity index (χ3n) is 2.85. The molecule has 0 fully saturated rings. The molecule has 114 valence electrons. The van der Waals surface area contributed by atoms with Gasteiger partial charge in [0.25, 0.3) is 0 Å². The molecule has 0 aliphatic carbocycles. The number of halogens is 2. The van der Waals surface area contributed by atoms with Crippen LogP contribution in [0.3, 0.4) is 0 Å². The van der Waals surface area contributed by atoms with Crippen molar-refractivity contribution in [3.8, 4) is 0 Å². The van der Waals surface area contributed by atoms with Crippen molar-refractivity contribution in [3.63, 3.8) is 0 Å². The van der Waals surface area contributed by atoms with Crippen LogP contribution in [0.25, 0.3) is 0 Å². The predicted octanol–water partition coefficient (Wildman–Crippen LogP) is 2.29. The minimum Gasteiger partial charge on any atom is -0.325 e. The first-order chi connectivity index (χ1) is 10.5. The van der Waals surface area contributed by atoms with Gasteiger partial charge in [-0.25, -0.2) is 13.6 Å². The van der Waals surface area contributed by atoms with E-state index in [0.29, 0.717) is 20.9 Å². The molecule has 3 rings (SSSR count). The molecular formula is C13H10BrFN4O2S. The van der Waals surface area contributed by atoms with E-state index >= 15 is 0 Å². The van der Waals surface area contributed by atoms with Crippen LogP contribution in [0.4, 0.5) is 15.9 Å². The molecule has 2 heterocycles. The van der Waals surface area contributed by atoms with Gasteiger partial charge in [0.1, 0.15) is 28.2 Å². The molecule has 0 saturated heterocycles. The molecule has 2 N–H and O–H groups in total. The van der Waals surface area contributed by atoms with Crippen LogP contribution in [0.15, 0.2) is 45.9 Å². The zero-order chi connectivity index (χ0) is 15.7. The maximum atomic E-state index is 12.8. The van der Waals surface area contributed by atoms with Gasteiger partial charge in [-0.3, -0.25) is 10.2 Å². The fraction of sp³-hybridized carbons (Fsp3) is 0.0769. The van der Waals surface area contributed by atoms with E-state index < -0.39 is 11.0 Å². The molecule has 0 bridgehead atoms. The monoisotopic (exact) mass is 384 g/mol. The molecule has 1 aromatic carbocycles. The Morgan fingerprint density at radius 2 is 2.14 bits per heavy atom. The number of pyridine rings is 1. The molecule has 2 aromatic rings. The van der Waals surface area contributed by atoms with Crippen molar-refractivity contribution in [2.24, 2.45) is 0 Å². The summed E-state index contributed by atoms with van der Waals surface area (Å²) in [6.45, 7) is -0.141. The van der Waals surface area contributed by atoms with E-state index in [9.17, 15) is 13.4 Å². The molecule has 1 amide bonds. The number of hydrogen-bond acceptors (Lipinski definition) is 4. The number of aromatic nitrogens is 1. The third kappa shape index (κ3) is 3.16. The van der Waals surface area contributed by atoms with Crippen LogP contribution in [-0.4, -0.2) is 26.1 Å². The summed E-state index contributed by atoms with van der Waals surface area (Å²) in [4.78, 5) is 16.6. The number of benzene rings is 1. The Kier molecular flexibility index (Phi) is 4.19. The highest BCUT2D eigenvalue weighted by Crippen LogP contribution is 2.29. The van der Waals surface area contributed by atoms with Crippen molar-refractivity contribution in [1.82, 2.24) is 9.40 Å². The van der Waals surface area contributed by atoms with Gasteiger partial charge in [-0.2, -0.15) is 0 Å². The number of anilines is 2. The Morgan fingerprint density at radius 1 is 1.41 bits per heavy atom. The Bertz CT molecular complexity index is 756. The highest BCUT2D eigenvalue weighted by molar-refractivity contribution is 9.10. The van der Waals surface area contributed by atoms with Gasteiger partial charge in [0.2, 0.25) is 5.91 Å². The normalized spacial score (nSPS) is 16.9. The Morgan fingerprint density at radius 3 is 2.86 bits per heavy atom. The van der Waals surface area contributed by atoms with Gasteiger partial charge in [0, 0.05) is 16.4 Å². The zero-order valence-corrected chi connectivity index (χ0v) is 13.4. The predicted molar refractivity (Wildman–Crippen MR) is 83.7 cm³/mol. The van der Waals surface area contributed by atoms with Crippen molar-refractivity contribution in [2.45, 2.75) is 4.90 Å². The number of rotatable bonds is 3. The summed E-state index contributed by atoms with van der Waals surface area (Å²) in [6, 6.07) is 7.09. The van der Waals surface area contributed by atoms with Crippen molar-refractivity contribution in [3.05, 3.63) is 46.8 Å². The smallest absolute Gasteiger partial charge is 0.241 e. The second-order valence-electron chi connectivity index (χ2n) is 4.45. The molecular weight excluding hydrogens is 375 g/mol. The summed E-state index contributed by atoms with van der Waals surface area (Å²) in [5, 5.41) is 2.60. The van der Waals surface area contributed by atoms with Crippen molar-refractivity contribution < 1.29 is 13.4 Å². The lowest BCUT2D eigenvalue weighted by Gasteiger charge is -2.13. The average molecular weight is 385 g/mol. The van der Waals surface area contributed by atoms with Crippen LogP contribution in [0.1, 0.15) is 0 Å². The quantitative estimate of drug-likeness (QED) is 0.851. The first-order valence-electron chi connectivity index (χ1n) is 6.20. The molecule has 0 spiro atoms. The minimum atomic E-state index is -1.52. The van der Waals surface area contributed by atoms with E-state index in [0.717, 1.165) is 0 Å². The van der Waals surface area contributed by atoms with Crippen LogP contribution in [-0.2, 0) is 15.8 Å². The highest BCUT2D eigenvalue weighted by Gasteiger charge is 2.29. The Labute approximate surface area is 136 Å². The summed E-state index contributed by atoms with van der Waals surface area (Å²) >= 11 is 3.26. The number of carbonyl (C=O) groups is 1. The summed E-state index contributed by atoms with van der Waals surface area (Å²) in [6.07, 6.45) is 1.57. The molecule has 1 aliphatic rings. The lowest BCUT2D eigenvalue weighted by Crippen LogP contribution is -2.35. The maximum Gasteiger partial charge on any atom is 0.241 e.